The molecule has 76 heavy (non-hydrogen) atoms. The first-order chi connectivity index (χ1) is 37.1. The SMILES string of the molecule is CC/C=C\C/C=C\C/C=C\C/C=C\C/C=C\C/C=C\CCCCCCC(=O)OC(COCCCCCCCCCCCCC/C=C\C/C=C\C/C=C\CCCCCCC)COC1OC(CO)C(O)C(OS(=O)(=O)O)C1O. The molecule has 1 rings (SSSR count). The van der Waals surface area contributed by atoms with Crippen molar-refractivity contribution in [3.63, 3.8) is 0 Å². The number of esters is 1. The molecule has 436 valence electrons. The second kappa shape index (κ2) is 52.5. The van der Waals surface area contributed by atoms with Crippen molar-refractivity contribution in [1.82, 2.24) is 0 Å². The summed E-state index contributed by atoms with van der Waals surface area (Å²) in [7, 11) is -5.08. The highest BCUT2D eigenvalue weighted by atomic mass is 32.3. The monoisotopic (exact) mass is 1090 g/mol. The molecule has 1 aliphatic heterocycles. The average molecular weight is 1090 g/mol. The number of allylic oxidation sites excluding steroid dienone is 18. The van der Waals surface area contributed by atoms with Crippen LogP contribution in [0.15, 0.2) is 109 Å². The molecule has 0 aromatic rings. The van der Waals surface area contributed by atoms with Crippen molar-refractivity contribution in [2.45, 2.75) is 256 Å². The van der Waals surface area contributed by atoms with E-state index in [0.717, 1.165) is 103 Å². The van der Waals surface area contributed by atoms with Crippen LogP contribution in [0.2, 0.25) is 0 Å². The van der Waals surface area contributed by atoms with Gasteiger partial charge in [0.05, 0.1) is 19.8 Å². The number of unbranched alkanes of at least 4 members (excludes halogenated alkanes) is 20. The minimum absolute atomic E-state index is 0.0165. The van der Waals surface area contributed by atoms with Crippen molar-refractivity contribution in [3.05, 3.63) is 109 Å². The lowest BCUT2D eigenvalue weighted by Gasteiger charge is -2.41. The standard InChI is InChI=1S/C63H106O12S/c1-3-5-7-9-11-13-15-17-19-21-23-25-27-28-29-31-33-35-37-39-41-43-45-47-49-51-53-71-55-57(56-72-63-61(67)62(75-76(68,69)70)60(66)58(54-64)74-63)73-59(65)52-50-48-46-44-42-40-38-36-34-32-30-26-24-22-20-18-16-14-12-10-8-6-4-2/h6,8,12,14-15,17-18,20-21,23-24,26-28,32,34,38,40,57-58,60-64,66-67H,3-5,7,9-11,13,16,19,22,25,29-31,33,35-37,39,41-56H2,1-2H3,(H,68,69,70)/b8-6-,14-12-,17-15-,20-18-,23-21-,26-24-,28-27-,34-32-,40-38-. The maximum absolute atomic E-state index is 13.0. The van der Waals surface area contributed by atoms with Gasteiger partial charge in [-0.2, -0.15) is 8.42 Å². The highest BCUT2D eigenvalue weighted by molar-refractivity contribution is 7.80. The van der Waals surface area contributed by atoms with Gasteiger partial charge < -0.3 is 34.3 Å². The highest BCUT2D eigenvalue weighted by Crippen LogP contribution is 2.26. The van der Waals surface area contributed by atoms with E-state index in [-0.39, 0.29) is 19.6 Å². The van der Waals surface area contributed by atoms with Crippen molar-refractivity contribution >= 4 is 16.4 Å². The van der Waals surface area contributed by atoms with Crippen molar-refractivity contribution in [3.8, 4) is 0 Å². The van der Waals surface area contributed by atoms with Crippen LogP contribution < -0.4 is 0 Å². The van der Waals surface area contributed by atoms with Crippen LogP contribution in [0.5, 0.6) is 0 Å². The first kappa shape index (κ1) is 70.8. The lowest BCUT2D eigenvalue weighted by Crippen LogP contribution is -2.60. The third kappa shape index (κ3) is 44.7. The predicted octanol–water partition coefficient (Wildman–Crippen LogP) is 15.1. The van der Waals surface area contributed by atoms with E-state index in [2.05, 4.69) is 127 Å². The fourth-order valence-electron chi connectivity index (χ4n) is 8.45. The summed E-state index contributed by atoms with van der Waals surface area (Å²) in [6.45, 7) is 3.83. The molecule has 0 aromatic heterocycles. The topological polar surface area (TPSA) is 178 Å². The minimum Gasteiger partial charge on any atom is -0.457 e. The van der Waals surface area contributed by atoms with E-state index in [9.17, 15) is 33.1 Å². The molecule has 1 saturated heterocycles. The van der Waals surface area contributed by atoms with Crippen LogP contribution in [-0.4, -0.2) is 97.5 Å². The molecule has 0 aromatic carbocycles. The minimum atomic E-state index is -5.08. The number of ether oxygens (including phenoxy) is 4. The Balaban J connectivity index is 2.33. The second-order valence-corrected chi connectivity index (χ2v) is 20.9. The number of carbonyl (C=O) groups excluding carboxylic acids is 1. The van der Waals surface area contributed by atoms with E-state index < -0.39 is 59.8 Å². The lowest BCUT2D eigenvalue weighted by molar-refractivity contribution is -0.301. The lowest BCUT2D eigenvalue weighted by atomic mass is 9.99. The first-order valence-electron chi connectivity index (χ1n) is 29.6. The Kier molecular flexibility index (Phi) is 48.9. The summed E-state index contributed by atoms with van der Waals surface area (Å²) in [6, 6.07) is 0. The molecule has 1 heterocycles. The van der Waals surface area contributed by atoms with Gasteiger partial charge in [0, 0.05) is 13.0 Å². The van der Waals surface area contributed by atoms with Crippen LogP contribution in [0.3, 0.4) is 0 Å². The summed E-state index contributed by atoms with van der Waals surface area (Å²) in [4.78, 5) is 13.0. The summed E-state index contributed by atoms with van der Waals surface area (Å²) in [5.41, 5.74) is 0. The van der Waals surface area contributed by atoms with Gasteiger partial charge in [0.15, 0.2) is 6.29 Å². The molecule has 0 radical (unpaired) electrons. The Bertz CT molecular complexity index is 1730. The quantitative estimate of drug-likeness (QED) is 0.0196. The summed E-state index contributed by atoms with van der Waals surface area (Å²) in [5, 5.41) is 30.9. The molecule has 1 fully saturated rings. The van der Waals surface area contributed by atoms with Crippen molar-refractivity contribution in [2.24, 2.45) is 0 Å². The smallest absolute Gasteiger partial charge is 0.397 e. The third-order valence-corrected chi connectivity index (χ3v) is 13.3. The average Bonchev–Trinajstić information content (AvgIpc) is 3.40. The molecule has 0 amide bonds. The Labute approximate surface area is 462 Å². The van der Waals surface area contributed by atoms with E-state index in [1.54, 1.807) is 0 Å². The number of hydrogen-bond donors (Lipinski definition) is 4. The molecular formula is C63H106O12S. The molecule has 0 aliphatic carbocycles. The van der Waals surface area contributed by atoms with Crippen molar-refractivity contribution in [1.29, 1.82) is 0 Å². The summed E-state index contributed by atoms with van der Waals surface area (Å²) < 4.78 is 59.4. The summed E-state index contributed by atoms with van der Waals surface area (Å²) in [6.07, 6.45) is 65.5. The zero-order valence-electron chi connectivity index (χ0n) is 47.3. The molecule has 6 atom stereocenters. The van der Waals surface area contributed by atoms with Gasteiger partial charge in [-0.3, -0.25) is 9.35 Å². The van der Waals surface area contributed by atoms with Crippen LogP contribution in [0.25, 0.3) is 0 Å². The maximum Gasteiger partial charge on any atom is 0.397 e. The van der Waals surface area contributed by atoms with Crippen LogP contribution in [0.1, 0.15) is 219 Å². The number of hydrogen-bond acceptors (Lipinski definition) is 11. The predicted molar refractivity (Wildman–Crippen MR) is 312 cm³/mol. The number of carbonyl (C=O) groups is 1. The largest absolute Gasteiger partial charge is 0.457 e. The molecule has 1 aliphatic rings. The fraction of sp³-hybridized carbons (Fsp3) is 0.698. The molecule has 0 spiro atoms. The Morgan fingerprint density at radius 2 is 0.908 bits per heavy atom. The van der Waals surface area contributed by atoms with Crippen LogP contribution in [-0.2, 0) is 38.3 Å². The van der Waals surface area contributed by atoms with Gasteiger partial charge in [0.1, 0.15) is 30.5 Å². The Morgan fingerprint density at radius 3 is 1.33 bits per heavy atom. The number of aliphatic hydroxyl groups excluding tert-OH is 3. The van der Waals surface area contributed by atoms with E-state index >= 15 is 0 Å². The normalized spacial score (nSPS) is 19.4. The highest BCUT2D eigenvalue weighted by Gasteiger charge is 2.48. The van der Waals surface area contributed by atoms with Crippen molar-refractivity contribution < 1.29 is 56.2 Å². The van der Waals surface area contributed by atoms with E-state index in [1.165, 1.54) is 89.9 Å². The molecule has 13 heteroatoms. The van der Waals surface area contributed by atoms with Gasteiger partial charge >= 0.3 is 16.4 Å². The second-order valence-electron chi connectivity index (χ2n) is 19.8. The summed E-state index contributed by atoms with van der Waals surface area (Å²) >= 11 is 0. The zero-order chi connectivity index (χ0) is 55.3. The molecule has 4 N–H and O–H groups in total. The van der Waals surface area contributed by atoms with E-state index in [0.29, 0.717) is 13.0 Å². The van der Waals surface area contributed by atoms with E-state index in [4.69, 9.17) is 18.9 Å². The van der Waals surface area contributed by atoms with Gasteiger partial charge in [-0.1, -0.05) is 220 Å². The Morgan fingerprint density at radius 1 is 0.513 bits per heavy atom. The van der Waals surface area contributed by atoms with Gasteiger partial charge in [-0.05, 0) is 103 Å². The van der Waals surface area contributed by atoms with Gasteiger partial charge in [0.25, 0.3) is 0 Å². The van der Waals surface area contributed by atoms with Crippen LogP contribution in [0, 0.1) is 0 Å². The van der Waals surface area contributed by atoms with Gasteiger partial charge in [0.2, 0.25) is 0 Å². The molecule has 0 saturated carbocycles. The first-order valence-corrected chi connectivity index (χ1v) is 31.0. The third-order valence-electron chi connectivity index (χ3n) is 12.9. The molecule has 0 bridgehead atoms. The van der Waals surface area contributed by atoms with Crippen LogP contribution >= 0.6 is 0 Å². The van der Waals surface area contributed by atoms with Gasteiger partial charge in [-0.15, -0.1) is 0 Å². The van der Waals surface area contributed by atoms with Crippen LogP contribution in [0.4, 0.5) is 0 Å². The van der Waals surface area contributed by atoms with Gasteiger partial charge in [-0.25, -0.2) is 4.18 Å². The maximum atomic E-state index is 13.0. The number of rotatable bonds is 51. The summed E-state index contributed by atoms with van der Waals surface area (Å²) in [5.74, 6) is -0.427. The number of aliphatic hydroxyl groups is 3. The Hall–Kier alpha value is -3.24. The molecule has 12 nitrogen and oxygen atoms in total. The molecular weight excluding hydrogens is 981 g/mol. The molecule has 6 unspecified atom stereocenters. The van der Waals surface area contributed by atoms with Crippen molar-refractivity contribution in [2.75, 3.05) is 26.4 Å². The van der Waals surface area contributed by atoms with E-state index in [1.807, 2.05) is 0 Å². The zero-order valence-corrected chi connectivity index (χ0v) is 48.1. The fourth-order valence-corrected chi connectivity index (χ4v) is 8.96.